The highest BCUT2D eigenvalue weighted by atomic mass is 16.5. The number of aromatic nitrogens is 2. The van der Waals surface area contributed by atoms with Gasteiger partial charge in [-0.1, -0.05) is 42.4 Å². The summed E-state index contributed by atoms with van der Waals surface area (Å²) in [4.78, 5) is 21.8. The van der Waals surface area contributed by atoms with Crippen LogP contribution in [0.3, 0.4) is 0 Å². The van der Waals surface area contributed by atoms with Gasteiger partial charge in [-0.2, -0.15) is 0 Å². The van der Waals surface area contributed by atoms with Crippen LogP contribution in [0.5, 0.6) is 0 Å². The lowest BCUT2D eigenvalue weighted by Gasteiger charge is -2.37. The highest BCUT2D eigenvalue weighted by Crippen LogP contribution is 2.20. The van der Waals surface area contributed by atoms with Gasteiger partial charge in [-0.05, 0) is 13.3 Å². The summed E-state index contributed by atoms with van der Waals surface area (Å²) in [7, 11) is 0. The Kier molecular flexibility index (Phi) is 6.25. The molecular formula is C22H27N5O3. The predicted molar refractivity (Wildman–Crippen MR) is 113 cm³/mol. The number of benzene rings is 1. The lowest BCUT2D eigenvalue weighted by atomic mass is 10.1. The average Bonchev–Trinajstić information content (AvgIpc) is 3.39. The molecule has 3 aromatic rings. The quantitative estimate of drug-likeness (QED) is 0.641. The van der Waals surface area contributed by atoms with E-state index in [9.17, 15) is 4.79 Å². The van der Waals surface area contributed by atoms with Crippen molar-refractivity contribution < 1.29 is 13.7 Å². The van der Waals surface area contributed by atoms with Crippen LogP contribution in [0.1, 0.15) is 25.0 Å². The fourth-order valence-electron chi connectivity index (χ4n) is 3.79. The third-order valence-corrected chi connectivity index (χ3v) is 5.40. The minimum absolute atomic E-state index is 0.0422. The molecule has 4 rings (SSSR count). The molecule has 0 spiro atoms. The van der Waals surface area contributed by atoms with Crippen LogP contribution in [0.15, 0.2) is 51.6 Å². The van der Waals surface area contributed by atoms with Gasteiger partial charge in [0.1, 0.15) is 17.7 Å². The monoisotopic (exact) mass is 409 g/mol. The van der Waals surface area contributed by atoms with Crippen molar-refractivity contribution in [3.05, 3.63) is 54.3 Å². The van der Waals surface area contributed by atoms with Crippen molar-refractivity contribution in [1.82, 2.24) is 19.9 Å². The van der Waals surface area contributed by atoms with Crippen molar-refractivity contribution in [2.24, 2.45) is 0 Å². The lowest BCUT2D eigenvalue weighted by Crippen LogP contribution is -2.53. The zero-order valence-electron chi connectivity index (χ0n) is 17.4. The van der Waals surface area contributed by atoms with Crippen molar-refractivity contribution in [3.8, 4) is 11.3 Å². The molecule has 8 heteroatoms. The molecule has 1 N–H and O–H groups in total. The van der Waals surface area contributed by atoms with Gasteiger partial charge in [0, 0.05) is 37.8 Å². The Labute approximate surface area is 175 Å². The zero-order valence-corrected chi connectivity index (χ0v) is 17.4. The highest BCUT2D eigenvalue weighted by Gasteiger charge is 2.28. The molecule has 1 unspecified atom stereocenters. The number of oxazole rings is 1. The van der Waals surface area contributed by atoms with E-state index in [1.165, 1.54) is 0 Å². The molecule has 8 nitrogen and oxygen atoms in total. The maximum Gasteiger partial charge on any atom is 0.242 e. The summed E-state index contributed by atoms with van der Waals surface area (Å²) in [5.74, 6) is 1.81. The number of aryl methyl sites for hydroxylation is 1. The zero-order chi connectivity index (χ0) is 20.9. The van der Waals surface area contributed by atoms with Crippen LogP contribution in [0, 0.1) is 6.92 Å². The fraction of sp³-hybridized carbons (Fsp3) is 0.409. The maximum atomic E-state index is 12.7. The summed E-state index contributed by atoms with van der Waals surface area (Å²) in [5.41, 5.74) is 1.91. The molecule has 2 aromatic heterocycles. The molecule has 1 atom stereocenters. The molecule has 158 valence electrons. The second-order valence-electron chi connectivity index (χ2n) is 7.54. The van der Waals surface area contributed by atoms with E-state index in [0.717, 1.165) is 43.9 Å². The van der Waals surface area contributed by atoms with Crippen LogP contribution in [-0.4, -0.2) is 58.1 Å². The Morgan fingerprint density at radius 1 is 1.20 bits per heavy atom. The first-order valence-corrected chi connectivity index (χ1v) is 10.3. The largest absolute Gasteiger partial charge is 0.447 e. The van der Waals surface area contributed by atoms with Crippen molar-refractivity contribution >= 4 is 11.7 Å². The minimum Gasteiger partial charge on any atom is -0.447 e. The molecule has 30 heavy (non-hydrogen) atoms. The number of anilines is 1. The number of hydrogen-bond donors (Lipinski definition) is 1. The second kappa shape index (κ2) is 9.23. The van der Waals surface area contributed by atoms with Crippen molar-refractivity contribution in [2.45, 2.75) is 32.9 Å². The average molecular weight is 409 g/mol. The van der Waals surface area contributed by atoms with E-state index in [1.807, 2.05) is 37.3 Å². The van der Waals surface area contributed by atoms with Gasteiger partial charge in [-0.3, -0.25) is 14.6 Å². The van der Waals surface area contributed by atoms with E-state index in [0.29, 0.717) is 24.0 Å². The Morgan fingerprint density at radius 2 is 1.97 bits per heavy atom. The normalized spacial score (nSPS) is 16.5. The summed E-state index contributed by atoms with van der Waals surface area (Å²) in [6.45, 7) is 7.85. The summed E-state index contributed by atoms with van der Waals surface area (Å²) >= 11 is 0. The Hall–Kier alpha value is -2.97. The first kappa shape index (κ1) is 20.3. The van der Waals surface area contributed by atoms with E-state index in [2.05, 4.69) is 25.3 Å². The third-order valence-electron chi connectivity index (χ3n) is 5.40. The van der Waals surface area contributed by atoms with Gasteiger partial charge in [0.25, 0.3) is 0 Å². The SMILES string of the molecule is CCC(C(=O)Nc1cc(C)on1)N1CCN(Cc2nc(-c3ccccc3)co2)CC1. The van der Waals surface area contributed by atoms with E-state index in [-0.39, 0.29) is 11.9 Å². The molecule has 1 aromatic carbocycles. The van der Waals surface area contributed by atoms with E-state index in [1.54, 1.807) is 19.3 Å². The number of nitrogens with zero attached hydrogens (tertiary/aromatic N) is 4. The molecule has 1 aliphatic heterocycles. The Balaban J connectivity index is 1.30. The maximum absolute atomic E-state index is 12.7. The van der Waals surface area contributed by atoms with Gasteiger partial charge in [0.2, 0.25) is 11.8 Å². The number of nitrogens with one attached hydrogen (secondary N) is 1. The molecule has 1 saturated heterocycles. The fourth-order valence-corrected chi connectivity index (χ4v) is 3.79. The van der Waals surface area contributed by atoms with Gasteiger partial charge < -0.3 is 14.3 Å². The molecule has 1 aliphatic rings. The summed E-state index contributed by atoms with van der Waals surface area (Å²) in [5, 5.41) is 6.71. The molecule has 0 radical (unpaired) electrons. The van der Waals surface area contributed by atoms with Gasteiger partial charge in [0.15, 0.2) is 5.82 Å². The summed E-state index contributed by atoms with van der Waals surface area (Å²) in [6, 6.07) is 11.6. The predicted octanol–water partition coefficient (Wildman–Crippen LogP) is 3.17. The van der Waals surface area contributed by atoms with Crippen molar-refractivity contribution in [3.63, 3.8) is 0 Å². The summed E-state index contributed by atoms with van der Waals surface area (Å²) in [6.07, 6.45) is 2.45. The highest BCUT2D eigenvalue weighted by molar-refractivity contribution is 5.94. The Bertz CT molecular complexity index is 960. The molecule has 0 bridgehead atoms. The Morgan fingerprint density at radius 3 is 2.63 bits per heavy atom. The smallest absolute Gasteiger partial charge is 0.242 e. The lowest BCUT2D eigenvalue weighted by molar-refractivity contribution is -0.122. The molecule has 0 aliphatic carbocycles. The summed E-state index contributed by atoms with van der Waals surface area (Å²) < 4.78 is 10.7. The van der Waals surface area contributed by atoms with Gasteiger partial charge >= 0.3 is 0 Å². The minimum atomic E-state index is -0.185. The van der Waals surface area contributed by atoms with Gasteiger partial charge in [0.05, 0.1) is 12.6 Å². The van der Waals surface area contributed by atoms with E-state index in [4.69, 9.17) is 8.94 Å². The van der Waals surface area contributed by atoms with Gasteiger partial charge in [-0.25, -0.2) is 4.98 Å². The van der Waals surface area contributed by atoms with E-state index >= 15 is 0 Å². The second-order valence-corrected chi connectivity index (χ2v) is 7.54. The number of carbonyl (C=O) groups is 1. The number of piperazine rings is 1. The van der Waals surface area contributed by atoms with Crippen LogP contribution in [0.4, 0.5) is 5.82 Å². The standard InChI is InChI=1S/C22H27N5O3/c1-3-19(22(28)24-20-13-16(2)30-25-20)27-11-9-26(10-12-27)14-21-23-18(15-29-21)17-7-5-4-6-8-17/h4-8,13,15,19H,3,9-12,14H2,1-2H3,(H,24,25,28). The molecule has 1 amide bonds. The number of rotatable bonds is 7. The number of hydrogen-bond acceptors (Lipinski definition) is 7. The van der Waals surface area contributed by atoms with Crippen LogP contribution >= 0.6 is 0 Å². The molecule has 1 fully saturated rings. The van der Waals surface area contributed by atoms with Crippen LogP contribution < -0.4 is 5.32 Å². The molecule has 3 heterocycles. The van der Waals surface area contributed by atoms with Gasteiger partial charge in [-0.15, -0.1) is 0 Å². The van der Waals surface area contributed by atoms with Crippen molar-refractivity contribution in [2.75, 3.05) is 31.5 Å². The van der Waals surface area contributed by atoms with Crippen molar-refractivity contribution in [1.29, 1.82) is 0 Å². The first-order valence-electron chi connectivity index (χ1n) is 10.3. The van der Waals surface area contributed by atoms with Crippen LogP contribution in [0.2, 0.25) is 0 Å². The third kappa shape index (κ3) is 4.77. The first-order chi connectivity index (χ1) is 14.6. The van der Waals surface area contributed by atoms with Crippen LogP contribution in [0.25, 0.3) is 11.3 Å². The van der Waals surface area contributed by atoms with E-state index < -0.39 is 0 Å². The molecular weight excluding hydrogens is 382 g/mol. The van der Waals surface area contributed by atoms with Crippen LogP contribution in [-0.2, 0) is 11.3 Å². The number of amides is 1. The molecule has 0 saturated carbocycles. The number of carbonyl (C=O) groups excluding carboxylic acids is 1. The topological polar surface area (TPSA) is 87.6 Å².